The Morgan fingerprint density at radius 3 is 2.86 bits per heavy atom. The molecule has 3 heteroatoms. The van der Waals surface area contributed by atoms with Crippen LogP contribution in [0.15, 0.2) is 11.4 Å². The molecule has 0 radical (unpaired) electrons. The highest BCUT2D eigenvalue weighted by atomic mass is 32.1. The molecule has 0 fully saturated rings. The Balaban J connectivity index is 2.23. The van der Waals surface area contributed by atoms with Crippen LogP contribution in [0.2, 0.25) is 0 Å². The number of hydrogen-bond donors (Lipinski definition) is 2. The quantitative estimate of drug-likeness (QED) is 0.755. The lowest BCUT2D eigenvalue weighted by Crippen LogP contribution is -2.35. The predicted octanol–water partition coefficient (Wildman–Crippen LogP) is 2.14. The van der Waals surface area contributed by atoms with Crippen molar-refractivity contribution < 1.29 is 0 Å². The number of nitrogens with one attached hydrogen (secondary N) is 2. The topological polar surface area (TPSA) is 24.1 Å². The molecule has 2 nitrogen and oxygen atoms in total. The first-order valence-electron chi connectivity index (χ1n) is 5.21. The zero-order chi connectivity index (χ0) is 10.4. The first kappa shape index (κ1) is 11.7. The van der Waals surface area contributed by atoms with E-state index in [1.165, 1.54) is 10.4 Å². The minimum absolute atomic E-state index is 0.538. The molecule has 2 N–H and O–H groups in total. The first-order valence-corrected chi connectivity index (χ1v) is 6.09. The van der Waals surface area contributed by atoms with Crippen LogP contribution in [0.3, 0.4) is 0 Å². The Kier molecular flexibility index (Phi) is 5.15. The van der Waals surface area contributed by atoms with Crippen LogP contribution in [0.5, 0.6) is 0 Å². The molecule has 1 atom stereocenters. The number of likely N-dealkylation sites (N-methyl/N-ethyl adjacent to an activating group) is 1. The molecule has 1 aromatic heterocycles. The van der Waals surface area contributed by atoms with Crippen LogP contribution in [0, 0.1) is 6.92 Å². The fourth-order valence-corrected chi connectivity index (χ4v) is 2.14. The molecular formula is C11H20N2S. The van der Waals surface area contributed by atoms with Crippen LogP contribution in [0.4, 0.5) is 0 Å². The molecule has 14 heavy (non-hydrogen) atoms. The third kappa shape index (κ3) is 3.78. The van der Waals surface area contributed by atoms with Crippen LogP contribution < -0.4 is 10.6 Å². The summed E-state index contributed by atoms with van der Waals surface area (Å²) in [6, 6.07) is 2.72. The van der Waals surface area contributed by atoms with Crippen LogP contribution >= 0.6 is 11.3 Å². The van der Waals surface area contributed by atoms with Gasteiger partial charge in [0.05, 0.1) is 0 Å². The van der Waals surface area contributed by atoms with Crippen molar-refractivity contribution in [2.75, 3.05) is 13.1 Å². The van der Waals surface area contributed by atoms with Gasteiger partial charge in [-0.25, -0.2) is 0 Å². The second-order valence-electron chi connectivity index (χ2n) is 3.62. The minimum atomic E-state index is 0.538. The highest BCUT2D eigenvalue weighted by Gasteiger charge is 2.02. The van der Waals surface area contributed by atoms with Crippen molar-refractivity contribution in [2.45, 2.75) is 33.4 Å². The Hall–Kier alpha value is -0.380. The summed E-state index contributed by atoms with van der Waals surface area (Å²) >= 11 is 1.83. The lowest BCUT2D eigenvalue weighted by atomic mass is 10.2. The highest BCUT2D eigenvalue weighted by Crippen LogP contribution is 2.14. The molecule has 0 amide bonds. The average molecular weight is 212 g/mol. The number of aryl methyl sites for hydroxylation is 1. The summed E-state index contributed by atoms with van der Waals surface area (Å²) in [6.07, 6.45) is 0. The molecule has 1 aromatic rings. The van der Waals surface area contributed by atoms with Crippen LogP contribution in [-0.4, -0.2) is 19.1 Å². The number of thiophene rings is 1. The van der Waals surface area contributed by atoms with E-state index in [4.69, 9.17) is 0 Å². The van der Waals surface area contributed by atoms with Gasteiger partial charge in [-0.2, -0.15) is 0 Å². The molecule has 0 aliphatic heterocycles. The van der Waals surface area contributed by atoms with Gasteiger partial charge in [-0.05, 0) is 37.4 Å². The molecular weight excluding hydrogens is 192 g/mol. The fourth-order valence-electron chi connectivity index (χ4n) is 1.29. The van der Waals surface area contributed by atoms with Gasteiger partial charge in [-0.15, -0.1) is 11.3 Å². The van der Waals surface area contributed by atoms with Crippen molar-refractivity contribution in [1.29, 1.82) is 0 Å². The molecule has 0 bridgehead atoms. The maximum Gasteiger partial charge on any atom is 0.0305 e. The normalized spacial score (nSPS) is 13.1. The largest absolute Gasteiger partial charge is 0.315 e. The van der Waals surface area contributed by atoms with E-state index < -0.39 is 0 Å². The van der Waals surface area contributed by atoms with Crippen molar-refractivity contribution in [3.05, 3.63) is 21.9 Å². The lowest BCUT2D eigenvalue weighted by molar-refractivity contribution is 0.511. The van der Waals surface area contributed by atoms with Gasteiger partial charge in [0.15, 0.2) is 0 Å². The van der Waals surface area contributed by atoms with E-state index in [9.17, 15) is 0 Å². The summed E-state index contributed by atoms with van der Waals surface area (Å²) < 4.78 is 0. The first-order chi connectivity index (χ1) is 6.74. The van der Waals surface area contributed by atoms with Gasteiger partial charge in [0, 0.05) is 24.0 Å². The van der Waals surface area contributed by atoms with Gasteiger partial charge in [-0.3, -0.25) is 0 Å². The van der Waals surface area contributed by atoms with Gasteiger partial charge in [0.1, 0.15) is 0 Å². The maximum absolute atomic E-state index is 3.51. The predicted molar refractivity (Wildman–Crippen MR) is 63.9 cm³/mol. The summed E-state index contributed by atoms with van der Waals surface area (Å²) in [4.78, 5) is 1.45. The fraction of sp³-hybridized carbons (Fsp3) is 0.636. The zero-order valence-electron chi connectivity index (χ0n) is 9.26. The summed E-state index contributed by atoms with van der Waals surface area (Å²) in [5, 5.41) is 9.00. The Morgan fingerprint density at radius 2 is 2.29 bits per heavy atom. The second-order valence-corrected chi connectivity index (χ2v) is 4.62. The van der Waals surface area contributed by atoms with Crippen molar-refractivity contribution in [2.24, 2.45) is 0 Å². The summed E-state index contributed by atoms with van der Waals surface area (Å²) in [7, 11) is 0. The van der Waals surface area contributed by atoms with Crippen molar-refractivity contribution in [3.63, 3.8) is 0 Å². The summed E-state index contributed by atoms with van der Waals surface area (Å²) in [6.45, 7) is 9.60. The van der Waals surface area contributed by atoms with Crippen LogP contribution in [0.25, 0.3) is 0 Å². The maximum atomic E-state index is 3.51. The zero-order valence-corrected chi connectivity index (χ0v) is 10.1. The molecule has 0 spiro atoms. The van der Waals surface area contributed by atoms with Gasteiger partial charge in [-0.1, -0.05) is 6.92 Å². The lowest BCUT2D eigenvalue weighted by Gasteiger charge is -2.13. The van der Waals surface area contributed by atoms with E-state index in [0.717, 1.165) is 19.6 Å². The average Bonchev–Trinajstić information content (AvgIpc) is 2.58. The Bertz CT molecular complexity index is 258. The van der Waals surface area contributed by atoms with Crippen molar-refractivity contribution in [1.82, 2.24) is 10.6 Å². The van der Waals surface area contributed by atoms with Gasteiger partial charge >= 0.3 is 0 Å². The van der Waals surface area contributed by atoms with E-state index >= 15 is 0 Å². The molecule has 0 saturated heterocycles. The standard InChI is InChI=1S/C11H20N2S/c1-4-12-7-10(3)13-8-11-9(2)5-6-14-11/h5-6,10,12-13H,4,7-8H2,1-3H3. The third-order valence-electron chi connectivity index (χ3n) is 2.28. The Morgan fingerprint density at radius 1 is 1.50 bits per heavy atom. The molecule has 1 unspecified atom stereocenters. The monoisotopic (exact) mass is 212 g/mol. The molecule has 1 rings (SSSR count). The molecule has 0 aliphatic carbocycles. The highest BCUT2D eigenvalue weighted by molar-refractivity contribution is 7.10. The Labute approximate surface area is 90.7 Å². The summed E-state index contributed by atoms with van der Waals surface area (Å²) in [5.41, 5.74) is 1.40. The van der Waals surface area contributed by atoms with E-state index in [1.807, 2.05) is 11.3 Å². The van der Waals surface area contributed by atoms with E-state index in [2.05, 4.69) is 42.9 Å². The van der Waals surface area contributed by atoms with Crippen LogP contribution in [-0.2, 0) is 6.54 Å². The van der Waals surface area contributed by atoms with Crippen molar-refractivity contribution in [3.8, 4) is 0 Å². The number of hydrogen-bond acceptors (Lipinski definition) is 3. The van der Waals surface area contributed by atoms with E-state index in [0.29, 0.717) is 6.04 Å². The number of rotatable bonds is 6. The van der Waals surface area contributed by atoms with Gasteiger partial charge in [0.2, 0.25) is 0 Å². The van der Waals surface area contributed by atoms with Gasteiger partial charge in [0.25, 0.3) is 0 Å². The second kappa shape index (κ2) is 6.17. The van der Waals surface area contributed by atoms with Crippen molar-refractivity contribution >= 4 is 11.3 Å². The van der Waals surface area contributed by atoms with Crippen LogP contribution in [0.1, 0.15) is 24.3 Å². The van der Waals surface area contributed by atoms with Gasteiger partial charge < -0.3 is 10.6 Å². The summed E-state index contributed by atoms with van der Waals surface area (Å²) in [5.74, 6) is 0. The SMILES string of the molecule is CCNCC(C)NCc1sccc1C. The smallest absolute Gasteiger partial charge is 0.0305 e. The van der Waals surface area contributed by atoms with E-state index in [1.54, 1.807) is 0 Å². The van der Waals surface area contributed by atoms with E-state index in [-0.39, 0.29) is 0 Å². The molecule has 80 valence electrons. The molecule has 1 heterocycles. The molecule has 0 aliphatic rings. The molecule has 0 aromatic carbocycles. The molecule has 0 saturated carbocycles. The minimum Gasteiger partial charge on any atom is -0.315 e. The third-order valence-corrected chi connectivity index (χ3v) is 3.30.